The van der Waals surface area contributed by atoms with Gasteiger partial charge in [0.25, 0.3) is 0 Å². The quantitative estimate of drug-likeness (QED) is 0.659. The Kier molecular flexibility index (Phi) is 6.09. The van der Waals surface area contributed by atoms with Gasteiger partial charge in [0.2, 0.25) is 5.91 Å². The number of urea groups is 1. The second kappa shape index (κ2) is 7.58. The Bertz CT molecular complexity index is 550. The summed E-state index contributed by atoms with van der Waals surface area (Å²) in [6, 6.07) is 2.68. The van der Waals surface area contributed by atoms with Gasteiger partial charge < -0.3 is 21.1 Å². The fourth-order valence-corrected chi connectivity index (χ4v) is 1.35. The minimum absolute atomic E-state index is 0.0811. The third-order valence-electron chi connectivity index (χ3n) is 2.91. The largest absolute Gasteiger partial charge is 0.492 e. The van der Waals surface area contributed by atoms with Crippen molar-refractivity contribution in [1.29, 1.82) is 0 Å². The van der Waals surface area contributed by atoms with Crippen LogP contribution in [0.4, 0.5) is 13.6 Å². The molecule has 0 bridgehead atoms. The van der Waals surface area contributed by atoms with E-state index < -0.39 is 29.0 Å². The third kappa shape index (κ3) is 5.55. The molecule has 0 heterocycles. The van der Waals surface area contributed by atoms with E-state index in [-0.39, 0.29) is 25.4 Å². The number of nitrogens with one attached hydrogen (secondary N) is 2. The first-order chi connectivity index (χ1) is 10.2. The van der Waals surface area contributed by atoms with E-state index in [9.17, 15) is 18.4 Å². The van der Waals surface area contributed by atoms with Crippen LogP contribution in [0.25, 0.3) is 0 Å². The van der Waals surface area contributed by atoms with Crippen LogP contribution in [-0.4, -0.2) is 31.6 Å². The molecule has 0 fully saturated rings. The number of carbonyl (C=O) groups is 2. The standard InChI is InChI=1S/C14H19F2N3O3/c1-14(2,12(17)20)8-19-13(21)18-5-6-22-9-3-4-10(15)11(16)7-9/h3-4,7H,5-6,8H2,1-2H3,(H2,17,20)(H2,18,19,21). The lowest BCUT2D eigenvalue weighted by Gasteiger charge is -2.20. The minimum Gasteiger partial charge on any atom is -0.492 e. The van der Waals surface area contributed by atoms with Gasteiger partial charge in [-0.15, -0.1) is 0 Å². The molecule has 0 aliphatic heterocycles. The molecule has 4 N–H and O–H groups in total. The lowest BCUT2D eigenvalue weighted by atomic mass is 9.93. The molecule has 0 aliphatic rings. The second-order valence-electron chi connectivity index (χ2n) is 5.28. The number of ether oxygens (including phenoxy) is 1. The molecule has 1 rings (SSSR count). The molecule has 3 amide bonds. The van der Waals surface area contributed by atoms with Crippen LogP contribution in [0.5, 0.6) is 5.75 Å². The Morgan fingerprint density at radius 3 is 2.50 bits per heavy atom. The molecule has 0 unspecified atom stereocenters. The molecule has 0 saturated heterocycles. The predicted octanol–water partition coefficient (Wildman–Crippen LogP) is 1.15. The molecule has 8 heteroatoms. The first-order valence-corrected chi connectivity index (χ1v) is 6.62. The molecule has 0 aliphatic carbocycles. The molecule has 122 valence electrons. The van der Waals surface area contributed by atoms with Gasteiger partial charge in [-0.05, 0) is 26.0 Å². The summed E-state index contributed by atoms with van der Waals surface area (Å²) in [5.41, 5.74) is 4.33. The van der Waals surface area contributed by atoms with E-state index in [2.05, 4.69) is 10.6 Å². The van der Waals surface area contributed by atoms with Crippen LogP contribution in [0.3, 0.4) is 0 Å². The van der Waals surface area contributed by atoms with Crippen molar-refractivity contribution in [2.24, 2.45) is 11.1 Å². The highest BCUT2D eigenvalue weighted by Gasteiger charge is 2.25. The molecule has 1 aromatic rings. The van der Waals surface area contributed by atoms with Crippen molar-refractivity contribution in [1.82, 2.24) is 10.6 Å². The lowest BCUT2D eigenvalue weighted by molar-refractivity contribution is -0.125. The van der Waals surface area contributed by atoms with Crippen molar-refractivity contribution in [3.63, 3.8) is 0 Å². The number of carbonyl (C=O) groups excluding carboxylic acids is 2. The van der Waals surface area contributed by atoms with Gasteiger partial charge in [0.05, 0.1) is 12.0 Å². The van der Waals surface area contributed by atoms with Crippen LogP contribution in [-0.2, 0) is 4.79 Å². The first kappa shape index (κ1) is 17.7. The Morgan fingerprint density at radius 1 is 1.23 bits per heavy atom. The fourth-order valence-electron chi connectivity index (χ4n) is 1.35. The van der Waals surface area contributed by atoms with Crippen molar-refractivity contribution in [2.75, 3.05) is 19.7 Å². The van der Waals surface area contributed by atoms with Crippen molar-refractivity contribution < 1.29 is 23.1 Å². The summed E-state index contributed by atoms with van der Waals surface area (Å²) >= 11 is 0. The average Bonchev–Trinajstić information content (AvgIpc) is 2.45. The summed E-state index contributed by atoms with van der Waals surface area (Å²) in [6.45, 7) is 3.56. The highest BCUT2D eigenvalue weighted by molar-refractivity contribution is 5.81. The van der Waals surface area contributed by atoms with E-state index in [1.165, 1.54) is 6.07 Å². The van der Waals surface area contributed by atoms with E-state index >= 15 is 0 Å². The van der Waals surface area contributed by atoms with Gasteiger partial charge in [0.1, 0.15) is 12.4 Å². The Morgan fingerprint density at radius 2 is 1.91 bits per heavy atom. The smallest absolute Gasteiger partial charge is 0.314 e. The number of hydrogen-bond acceptors (Lipinski definition) is 3. The van der Waals surface area contributed by atoms with Gasteiger partial charge in [-0.3, -0.25) is 4.79 Å². The minimum atomic E-state index is -1.00. The molecule has 22 heavy (non-hydrogen) atoms. The van der Waals surface area contributed by atoms with E-state index in [1.807, 2.05) is 0 Å². The zero-order valence-electron chi connectivity index (χ0n) is 12.4. The monoisotopic (exact) mass is 315 g/mol. The van der Waals surface area contributed by atoms with Crippen molar-refractivity contribution >= 4 is 11.9 Å². The average molecular weight is 315 g/mol. The maximum absolute atomic E-state index is 12.9. The topological polar surface area (TPSA) is 93.4 Å². The fraction of sp³-hybridized carbons (Fsp3) is 0.429. The summed E-state index contributed by atoms with van der Waals surface area (Å²) in [6.07, 6.45) is 0. The van der Waals surface area contributed by atoms with Crippen molar-refractivity contribution in [3.8, 4) is 5.75 Å². The molecule has 1 aromatic carbocycles. The van der Waals surface area contributed by atoms with E-state index in [0.29, 0.717) is 0 Å². The number of hydrogen-bond donors (Lipinski definition) is 3. The molecule has 0 spiro atoms. The highest BCUT2D eigenvalue weighted by Crippen LogP contribution is 2.15. The Labute approximate surface area is 127 Å². The van der Waals surface area contributed by atoms with E-state index in [0.717, 1.165) is 12.1 Å². The van der Waals surface area contributed by atoms with Gasteiger partial charge >= 0.3 is 6.03 Å². The molecule has 6 nitrogen and oxygen atoms in total. The third-order valence-corrected chi connectivity index (χ3v) is 2.91. The summed E-state index contributed by atoms with van der Waals surface area (Å²) in [4.78, 5) is 22.6. The maximum Gasteiger partial charge on any atom is 0.314 e. The van der Waals surface area contributed by atoms with Crippen LogP contribution in [0.2, 0.25) is 0 Å². The Balaban J connectivity index is 2.25. The lowest BCUT2D eigenvalue weighted by Crippen LogP contribution is -2.46. The molecule has 0 aromatic heterocycles. The van der Waals surface area contributed by atoms with Gasteiger partial charge in [-0.2, -0.15) is 0 Å². The molecule has 0 saturated carbocycles. The maximum atomic E-state index is 12.9. The van der Waals surface area contributed by atoms with E-state index in [1.54, 1.807) is 13.8 Å². The zero-order valence-corrected chi connectivity index (χ0v) is 12.4. The summed E-state index contributed by atoms with van der Waals surface area (Å²) < 4.78 is 30.8. The number of primary amides is 1. The van der Waals surface area contributed by atoms with Crippen LogP contribution in [0, 0.1) is 17.0 Å². The van der Waals surface area contributed by atoms with Gasteiger partial charge in [-0.1, -0.05) is 0 Å². The zero-order chi connectivity index (χ0) is 16.8. The molecule has 0 atom stereocenters. The number of rotatable bonds is 7. The van der Waals surface area contributed by atoms with Gasteiger partial charge in [0, 0.05) is 12.6 Å². The molecular formula is C14H19F2N3O3. The van der Waals surface area contributed by atoms with Crippen LogP contribution >= 0.6 is 0 Å². The molecule has 0 radical (unpaired) electrons. The van der Waals surface area contributed by atoms with Crippen LogP contribution in [0.15, 0.2) is 18.2 Å². The summed E-state index contributed by atoms with van der Waals surface area (Å²) in [5.74, 6) is -2.32. The van der Waals surface area contributed by atoms with Gasteiger partial charge in [-0.25, -0.2) is 13.6 Å². The normalized spacial score (nSPS) is 10.9. The number of amides is 3. The number of benzene rings is 1. The van der Waals surface area contributed by atoms with Crippen molar-refractivity contribution in [3.05, 3.63) is 29.8 Å². The molecular weight excluding hydrogens is 296 g/mol. The second-order valence-corrected chi connectivity index (χ2v) is 5.28. The van der Waals surface area contributed by atoms with Crippen molar-refractivity contribution in [2.45, 2.75) is 13.8 Å². The summed E-state index contributed by atoms with van der Waals surface area (Å²) in [7, 11) is 0. The van der Waals surface area contributed by atoms with Crippen LogP contribution < -0.4 is 21.1 Å². The van der Waals surface area contributed by atoms with Crippen LogP contribution in [0.1, 0.15) is 13.8 Å². The number of nitrogens with two attached hydrogens (primary N) is 1. The number of halogens is 2. The van der Waals surface area contributed by atoms with E-state index in [4.69, 9.17) is 10.5 Å². The first-order valence-electron chi connectivity index (χ1n) is 6.62. The Hall–Kier alpha value is -2.38. The predicted molar refractivity (Wildman–Crippen MR) is 76.2 cm³/mol. The summed E-state index contributed by atoms with van der Waals surface area (Å²) in [5, 5.41) is 5.00. The van der Waals surface area contributed by atoms with Gasteiger partial charge in [0.15, 0.2) is 11.6 Å². The highest BCUT2D eigenvalue weighted by atomic mass is 19.2. The SMILES string of the molecule is CC(C)(CNC(=O)NCCOc1ccc(F)c(F)c1)C(N)=O.